The highest BCUT2D eigenvalue weighted by Gasteiger charge is 2.20. The van der Waals surface area contributed by atoms with Crippen LogP contribution in [0, 0.1) is 0 Å². The van der Waals surface area contributed by atoms with Gasteiger partial charge in [0.25, 0.3) is 0 Å². The molecule has 1 fully saturated rings. The summed E-state index contributed by atoms with van der Waals surface area (Å²) in [7, 11) is 0. The minimum absolute atomic E-state index is 0.0922. The normalized spacial score (nSPS) is 27.5. The third-order valence-corrected chi connectivity index (χ3v) is 2.97. The van der Waals surface area contributed by atoms with Crippen LogP contribution >= 0.6 is 0 Å². The Morgan fingerprint density at radius 2 is 2.00 bits per heavy atom. The molecule has 0 bridgehead atoms. The number of nitrogens with two attached hydrogens (primary N) is 1. The molecule has 2 rings (SSSR count). The molecule has 1 heterocycles. The van der Waals surface area contributed by atoms with Gasteiger partial charge < -0.3 is 10.8 Å². The van der Waals surface area contributed by atoms with Crippen LogP contribution in [0.3, 0.4) is 0 Å². The molecule has 0 saturated heterocycles. The summed E-state index contributed by atoms with van der Waals surface area (Å²) >= 11 is 0. The van der Waals surface area contributed by atoms with Crippen molar-refractivity contribution in [3.8, 4) is 0 Å². The van der Waals surface area contributed by atoms with Crippen molar-refractivity contribution in [3.63, 3.8) is 0 Å². The molecule has 0 radical (unpaired) electrons. The largest absolute Gasteiger partial charge is 0.393 e. The van der Waals surface area contributed by atoms with E-state index in [1.165, 1.54) is 5.56 Å². The Balaban J connectivity index is 2.08. The molecule has 1 aromatic rings. The number of rotatable bonds is 1. The molecule has 0 atom stereocenters. The zero-order chi connectivity index (χ0) is 9.97. The lowest BCUT2D eigenvalue weighted by molar-refractivity contribution is 0.122. The Kier molecular flexibility index (Phi) is 2.68. The number of aliphatic hydroxyl groups excluding tert-OH is 1. The maximum atomic E-state index is 9.39. The van der Waals surface area contributed by atoms with Crippen molar-refractivity contribution < 1.29 is 5.11 Å². The third kappa shape index (κ3) is 2.04. The Bertz CT molecular complexity index is 306. The maximum absolute atomic E-state index is 9.39. The van der Waals surface area contributed by atoms with Gasteiger partial charge in [0.15, 0.2) is 0 Å². The monoisotopic (exact) mass is 192 g/mol. The average molecular weight is 192 g/mol. The van der Waals surface area contributed by atoms with Gasteiger partial charge in [-0.15, -0.1) is 0 Å². The fourth-order valence-corrected chi connectivity index (χ4v) is 2.13. The number of hydrogen-bond donors (Lipinski definition) is 2. The summed E-state index contributed by atoms with van der Waals surface area (Å²) in [6.07, 6.45) is 5.61. The first-order chi connectivity index (χ1) is 6.75. The van der Waals surface area contributed by atoms with Crippen LogP contribution in [0.15, 0.2) is 18.3 Å². The standard InChI is InChI=1S/C11H16N2O/c12-11-7-9(5-6-13-11)8-1-3-10(14)4-2-8/h5-8,10,14H,1-4H2,(H2,12,13). The van der Waals surface area contributed by atoms with Crippen LogP contribution in [-0.2, 0) is 0 Å². The second-order valence-corrected chi connectivity index (χ2v) is 4.02. The van der Waals surface area contributed by atoms with E-state index in [2.05, 4.69) is 4.98 Å². The van der Waals surface area contributed by atoms with Gasteiger partial charge in [0.1, 0.15) is 5.82 Å². The van der Waals surface area contributed by atoms with Gasteiger partial charge in [-0.3, -0.25) is 0 Å². The first-order valence-corrected chi connectivity index (χ1v) is 5.15. The second-order valence-electron chi connectivity index (χ2n) is 4.02. The first-order valence-electron chi connectivity index (χ1n) is 5.15. The van der Waals surface area contributed by atoms with E-state index in [9.17, 15) is 5.11 Å². The van der Waals surface area contributed by atoms with E-state index in [4.69, 9.17) is 5.73 Å². The Morgan fingerprint density at radius 3 is 2.64 bits per heavy atom. The Labute approximate surface area is 84.0 Å². The average Bonchev–Trinajstić information content (AvgIpc) is 2.19. The highest BCUT2D eigenvalue weighted by molar-refractivity contribution is 5.33. The molecule has 76 valence electrons. The van der Waals surface area contributed by atoms with Crippen molar-refractivity contribution in [2.45, 2.75) is 37.7 Å². The lowest BCUT2D eigenvalue weighted by Gasteiger charge is -2.25. The van der Waals surface area contributed by atoms with E-state index in [0.29, 0.717) is 11.7 Å². The van der Waals surface area contributed by atoms with Gasteiger partial charge in [-0.25, -0.2) is 4.98 Å². The topological polar surface area (TPSA) is 59.1 Å². The van der Waals surface area contributed by atoms with E-state index in [1.807, 2.05) is 12.1 Å². The van der Waals surface area contributed by atoms with Crippen molar-refractivity contribution in [1.29, 1.82) is 0 Å². The molecule has 0 amide bonds. The molecule has 14 heavy (non-hydrogen) atoms. The molecule has 0 unspecified atom stereocenters. The molecule has 0 spiro atoms. The second kappa shape index (κ2) is 3.96. The number of nitrogen functional groups attached to an aromatic ring is 1. The molecule has 1 saturated carbocycles. The van der Waals surface area contributed by atoms with Gasteiger partial charge >= 0.3 is 0 Å². The highest BCUT2D eigenvalue weighted by atomic mass is 16.3. The Hall–Kier alpha value is -1.09. The van der Waals surface area contributed by atoms with Crippen LogP contribution < -0.4 is 5.73 Å². The van der Waals surface area contributed by atoms with Crippen LogP contribution in [-0.4, -0.2) is 16.2 Å². The van der Waals surface area contributed by atoms with Crippen molar-refractivity contribution in [2.75, 3.05) is 5.73 Å². The van der Waals surface area contributed by atoms with Crippen LogP contribution in [0.4, 0.5) is 5.82 Å². The predicted octanol–water partition coefficient (Wildman–Crippen LogP) is 1.68. The minimum Gasteiger partial charge on any atom is -0.393 e. The van der Waals surface area contributed by atoms with Crippen LogP contribution in [0.25, 0.3) is 0 Å². The summed E-state index contributed by atoms with van der Waals surface area (Å²) in [5.41, 5.74) is 6.90. The van der Waals surface area contributed by atoms with Crippen LogP contribution in [0.1, 0.15) is 37.2 Å². The van der Waals surface area contributed by atoms with E-state index in [1.54, 1.807) is 6.20 Å². The molecule has 1 aliphatic rings. The summed E-state index contributed by atoms with van der Waals surface area (Å²) in [4.78, 5) is 3.98. The maximum Gasteiger partial charge on any atom is 0.123 e. The van der Waals surface area contributed by atoms with Crippen molar-refractivity contribution >= 4 is 5.82 Å². The van der Waals surface area contributed by atoms with E-state index < -0.39 is 0 Å². The summed E-state index contributed by atoms with van der Waals surface area (Å²) in [6.45, 7) is 0. The van der Waals surface area contributed by atoms with E-state index in [0.717, 1.165) is 25.7 Å². The fraction of sp³-hybridized carbons (Fsp3) is 0.545. The fourth-order valence-electron chi connectivity index (χ4n) is 2.13. The van der Waals surface area contributed by atoms with Crippen molar-refractivity contribution in [1.82, 2.24) is 4.98 Å². The zero-order valence-electron chi connectivity index (χ0n) is 8.19. The molecule has 1 aliphatic carbocycles. The summed E-state index contributed by atoms with van der Waals surface area (Å²) in [5.74, 6) is 1.15. The van der Waals surface area contributed by atoms with Gasteiger partial charge in [0.2, 0.25) is 0 Å². The number of pyridine rings is 1. The predicted molar refractivity (Wildman–Crippen MR) is 55.9 cm³/mol. The number of anilines is 1. The van der Waals surface area contributed by atoms with Crippen LogP contribution in [0.5, 0.6) is 0 Å². The third-order valence-electron chi connectivity index (χ3n) is 2.97. The molecule has 3 N–H and O–H groups in total. The van der Waals surface area contributed by atoms with Crippen molar-refractivity contribution in [2.24, 2.45) is 0 Å². The quantitative estimate of drug-likeness (QED) is 0.711. The number of hydrogen-bond acceptors (Lipinski definition) is 3. The Morgan fingerprint density at radius 1 is 1.29 bits per heavy atom. The molecule has 0 aromatic carbocycles. The smallest absolute Gasteiger partial charge is 0.123 e. The lowest BCUT2D eigenvalue weighted by Crippen LogP contribution is -2.17. The molecule has 1 aromatic heterocycles. The van der Waals surface area contributed by atoms with E-state index >= 15 is 0 Å². The summed E-state index contributed by atoms with van der Waals surface area (Å²) in [5, 5.41) is 9.39. The van der Waals surface area contributed by atoms with Crippen molar-refractivity contribution in [3.05, 3.63) is 23.9 Å². The zero-order valence-corrected chi connectivity index (χ0v) is 8.19. The van der Waals surface area contributed by atoms with E-state index in [-0.39, 0.29) is 6.10 Å². The molecular formula is C11H16N2O. The van der Waals surface area contributed by atoms with Gasteiger partial charge in [0, 0.05) is 6.20 Å². The van der Waals surface area contributed by atoms with Gasteiger partial charge in [-0.1, -0.05) is 0 Å². The number of aliphatic hydroxyl groups is 1. The van der Waals surface area contributed by atoms with Gasteiger partial charge in [-0.05, 0) is 49.3 Å². The number of aromatic nitrogens is 1. The van der Waals surface area contributed by atoms with Gasteiger partial charge in [0.05, 0.1) is 6.10 Å². The first kappa shape index (κ1) is 9.46. The van der Waals surface area contributed by atoms with Crippen LogP contribution in [0.2, 0.25) is 0 Å². The number of nitrogens with zero attached hydrogens (tertiary/aromatic N) is 1. The van der Waals surface area contributed by atoms with Gasteiger partial charge in [-0.2, -0.15) is 0 Å². The SMILES string of the molecule is Nc1cc(C2CCC(O)CC2)ccn1. The summed E-state index contributed by atoms with van der Waals surface area (Å²) in [6, 6.07) is 3.97. The summed E-state index contributed by atoms with van der Waals surface area (Å²) < 4.78 is 0. The lowest BCUT2D eigenvalue weighted by atomic mass is 9.83. The molecular weight excluding hydrogens is 176 g/mol. The molecule has 3 nitrogen and oxygen atoms in total. The highest BCUT2D eigenvalue weighted by Crippen LogP contribution is 2.32. The minimum atomic E-state index is -0.0922. The molecule has 0 aliphatic heterocycles. The molecule has 3 heteroatoms.